The van der Waals surface area contributed by atoms with Crippen LogP contribution in [-0.4, -0.2) is 79.0 Å². The van der Waals surface area contributed by atoms with Gasteiger partial charge in [0, 0.05) is 60.8 Å². The molecule has 2 saturated heterocycles. The Balaban J connectivity index is 1.33. The van der Waals surface area contributed by atoms with Crippen molar-refractivity contribution in [1.29, 1.82) is 0 Å². The van der Waals surface area contributed by atoms with Gasteiger partial charge in [-0.3, -0.25) is 14.5 Å². The predicted octanol–water partition coefficient (Wildman–Crippen LogP) is 2.06. The second kappa shape index (κ2) is 8.14. The molecule has 1 aromatic heterocycles. The van der Waals surface area contributed by atoms with Crippen LogP contribution >= 0.6 is 22.9 Å². The lowest BCUT2D eigenvalue weighted by Crippen LogP contribution is -2.54. The number of hydrogen-bond acceptors (Lipinski definition) is 5. The van der Waals surface area contributed by atoms with Crippen molar-refractivity contribution in [3.8, 4) is 0 Å². The van der Waals surface area contributed by atoms with E-state index in [9.17, 15) is 9.59 Å². The first-order chi connectivity index (χ1) is 13.1. The van der Waals surface area contributed by atoms with Gasteiger partial charge < -0.3 is 14.5 Å². The summed E-state index contributed by atoms with van der Waals surface area (Å²) in [4.78, 5) is 31.6. The lowest BCUT2D eigenvalue weighted by atomic mass is 10.2. The number of nitrogens with zero attached hydrogens (tertiary/aromatic N) is 3. The van der Waals surface area contributed by atoms with Crippen molar-refractivity contribution in [2.45, 2.75) is 6.54 Å². The van der Waals surface area contributed by atoms with Gasteiger partial charge in [0.2, 0.25) is 0 Å². The van der Waals surface area contributed by atoms with Gasteiger partial charge in [0.15, 0.2) is 0 Å². The molecule has 2 aromatic rings. The van der Waals surface area contributed by atoms with Crippen LogP contribution in [0.25, 0.3) is 10.1 Å². The van der Waals surface area contributed by atoms with Crippen molar-refractivity contribution in [3.05, 3.63) is 34.2 Å². The van der Waals surface area contributed by atoms with Gasteiger partial charge in [0.1, 0.15) is 0 Å². The summed E-state index contributed by atoms with van der Waals surface area (Å²) in [7, 11) is 0. The number of carbonyl (C=O) groups excluding carboxylic acids is 2. The minimum atomic E-state index is -0.403. The van der Waals surface area contributed by atoms with Crippen molar-refractivity contribution < 1.29 is 14.3 Å². The Morgan fingerprint density at radius 2 is 1.59 bits per heavy atom. The topological polar surface area (TPSA) is 53.1 Å². The van der Waals surface area contributed by atoms with Crippen LogP contribution in [0, 0.1) is 0 Å². The van der Waals surface area contributed by atoms with E-state index in [0.717, 1.165) is 34.9 Å². The van der Waals surface area contributed by atoms with Crippen LogP contribution < -0.4 is 0 Å². The van der Waals surface area contributed by atoms with Crippen LogP contribution in [0.3, 0.4) is 0 Å². The smallest absolute Gasteiger partial charge is 0.312 e. The lowest BCUT2D eigenvalue weighted by Gasteiger charge is -2.35. The summed E-state index contributed by atoms with van der Waals surface area (Å²) >= 11 is 8.26. The maximum Gasteiger partial charge on any atom is 0.312 e. The molecule has 2 amide bonds. The molecule has 1 aromatic carbocycles. The Bertz CT molecular complexity index is 842. The van der Waals surface area contributed by atoms with Crippen molar-refractivity contribution in [1.82, 2.24) is 14.7 Å². The van der Waals surface area contributed by atoms with E-state index in [1.54, 1.807) is 21.1 Å². The number of thiophene rings is 1. The van der Waals surface area contributed by atoms with Crippen molar-refractivity contribution in [2.24, 2.45) is 0 Å². The highest BCUT2D eigenvalue weighted by molar-refractivity contribution is 7.19. The van der Waals surface area contributed by atoms with Crippen molar-refractivity contribution >= 4 is 44.8 Å². The number of amides is 2. The first kappa shape index (κ1) is 18.7. The van der Waals surface area contributed by atoms with Crippen LogP contribution in [-0.2, 0) is 20.9 Å². The number of hydrogen-bond donors (Lipinski definition) is 0. The highest BCUT2D eigenvalue weighted by atomic mass is 35.5. The Labute approximate surface area is 167 Å². The van der Waals surface area contributed by atoms with E-state index in [1.807, 2.05) is 18.2 Å². The molecule has 0 spiro atoms. The minimum Gasteiger partial charge on any atom is -0.378 e. The molecule has 8 heteroatoms. The van der Waals surface area contributed by atoms with Crippen LogP contribution in [0.15, 0.2) is 24.3 Å². The third kappa shape index (κ3) is 3.96. The zero-order valence-corrected chi connectivity index (χ0v) is 16.6. The minimum absolute atomic E-state index is 0.392. The summed E-state index contributed by atoms with van der Waals surface area (Å²) in [6, 6.07) is 8.16. The molecule has 144 valence electrons. The quantitative estimate of drug-likeness (QED) is 0.715. The largest absolute Gasteiger partial charge is 0.378 e. The third-order valence-electron chi connectivity index (χ3n) is 5.11. The molecular weight excluding hydrogens is 386 g/mol. The van der Waals surface area contributed by atoms with E-state index in [4.69, 9.17) is 16.3 Å². The Hall–Kier alpha value is -1.67. The zero-order chi connectivity index (χ0) is 18.8. The standard InChI is InChI=1S/C19H22ClN3O3S/c20-17-14-3-1-2-4-15(14)27-16(17)13-21-5-7-22(8-6-21)18(24)19(25)23-9-11-26-12-10-23/h1-4H,5-13H2. The molecule has 2 fully saturated rings. The molecule has 0 bridgehead atoms. The fourth-order valence-electron chi connectivity index (χ4n) is 3.52. The number of carbonyl (C=O) groups is 2. The van der Waals surface area contributed by atoms with Gasteiger partial charge in [-0.1, -0.05) is 29.8 Å². The summed E-state index contributed by atoms with van der Waals surface area (Å²) < 4.78 is 6.44. The summed E-state index contributed by atoms with van der Waals surface area (Å²) in [5.74, 6) is -0.796. The van der Waals surface area contributed by atoms with Crippen LogP contribution in [0.1, 0.15) is 4.88 Å². The van der Waals surface area contributed by atoms with Crippen LogP contribution in [0.2, 0.25) is 5.02 Å². The number of halogens is 1. The fourth-order valence-corrected chi connectivity index (χ4v) is 5.05. The van der Waals surface area contributed by atoms with Crippen LogP contribution in [0.5, 0.6) is 0 Å². The molecule has 0 N–H and O–H groups in total. The number of fused-ring (bicyclic) bond motifs is 1. The fraction of sp³-hybridized carbons (Fsp3) is 0.474. The second-order valence-corrected chi connectivity index (χ2v) is 8.32. The average Bonchev–Trinajstić information content (AvgIpc) is 3.04. The van der Waals surface area contributed by atoms with Gasteiger partial charge in [-0.25, -0.2) is 0 Å². The van der Waals surface area contributed by atoms with Gasteiger partial charge in [-0.15, -0.1) is 11.3 Å². The molecule has 27 heavy (non-hydrogen) atoms. The van der Waals surface area contributed by atoms with Gasteiger partial charge >= 0.3 is 11.8 Å². The SMILES string of the molecule is O=C(C(=O)N1CCN(Cc2sc3ccccc3c2Cl)CC1)N1CCOCC1. The summed E-state index contributed by atoms with van der Waals surface area (Å²) in [5.41, 5.74) is 0. The van der Waals surface area contributed by atoms with E-state index < -0.39 is 11.8 Å². The van der Waals surface area contributed by atoms with E-state index in [0.29, 0.717) is 39.4 Å². The van der Waals surface area contributed by atoms with Crippen LogP contribution in [0.4, 0.5) is 0 Å². The molecule has 3 heterocycles. The second-order valence-electron chi connectivity index (χ2n) is 6.81. The molecule has 0 atom stereocenters. The summed E-state index contributed by atoms with van der Waals surface area (Å²) in [6.07, 6.45) is 0. The number of ether oxygens (including phenoxy) is 1. The number of benzene rings is 1. The van der Waals surface area contributed by atoms with E-state index in [-0.39, 0.29) is 0 Å². The Morgan fingerprint density at radius 1 is 0.963 bits per heavy atom. The predicted molar refractivity (Wildman–Crippen MR) is 106 cm³/mol. The molecule has 4 rings (SSSR count). The van der Waals surface area contributed by atoms with Gasteiger partial charge in [0.25, 0.3) is 0 Å². The van der Waals surface area contributed by atoms with Gasteiger partial charge in [-0.2, -0.15) is 0 Å². The van der Waals surface area contributed by atoms with Gasteiger partial charge in [-0.05, 0) is 6.07 Å². The average molecular weight is 408 g/mol. The first-order valence-electron chi connectivity index (χ1n) is 9.17. The third-order valence-corrected chi connectivity index (χ3v) is 6.81. The van der Waals surface area contributed by atoms with Gasteiger partial charge in [0.05, 0.1) is 18.2 Å². The summed E-state index contributed by atoms with van der Waals surface area (Å²) in [5, 5.41) is 1.93. The molecule has 2 aliphatic heterocycles. The molecule has 0 unspecified atom stereocenters. The first-order valence-corrected chi connectivity index (χ1v) is 10.4. The number of rotatable bonds is 2. The molecule has 0 aliphatic carbocycles. The monoisotopic (exact) mass is 407 g/mol. The van der Waals surface area contributed by atoms with Crippen molar-refractivity contribution in [2.75, 3.05) is 52.5 Å². The van der Waals surface area contributed by atoms with E-state index >= 15 is 0 Å². The summed E-state index contributed by atoms with van der Waals surface area (Å²) in [6.45, 7) is 5.39. The molecule has 0 saturated carbocycles. The molecular formula is C19H22ClN3O3S. The normalized spacial score (nSPS) is 18.9. The number of piperazine rings is 1. The maximum absolute atomic E-state index is 12.5. The highest BCUT2D eigenvalue weighted by Crippen LogP contribution is 2.36. The van der Waals surface area contributed by atoms with Crippen molar-refractivity contribution in [3.63, 3.8) is 0 Å². The highest BCUT2D eigenvalue weighted by Gasteiger charge is 2.30. The Kier molecular flexibility index (Phi) is 5.63. The zero-order valence-electron chi connectivity index (χ0n) is 15.0. The molecule has 0 radical (unpaired) electrons. The maximum atomic E-state index is 12.5. The lowest BCUT2D eigenvalue weighted by molar-refractivity contribution is -0.155. The number of morpholine rings is 1. The Morgan fingerprint density at radius 3 is 2.26 bits per heavy atom. The van der Waals surface area contributed by atoms with E-state index in [2.05, 4.69) is 11.0 Å². The molecule has 6 nitrogen and oxygen atoms in total. The molecule has 2 aliphatic rings. The van der Waals surface area contributed by atoms with E-state index in [1.165, 1.54) is 4.70 Å².